The Morgan fingerprint density at radius 1 is 1.30 bits per heavy atom. The fourth-order valence-corrected chi connectivity index (χ4v) is 2.04. The molecule has 1 amide bonds. The lowest BCUT2D eigenvalue weighted by Gasteiger charge is -2.11. The molecule has 2 rings (SSSR count). The van der Waals surface area contributed by atoms with Gasteiger partial charge in [0.05, 0.1) is 11.3 Å². The Balaban J connectivity index is 2.39. The molecular weight excluding hydrogens is 309 g/mol. The zero-order valence-electron chi connectivity index (χ0n) is 11.9. The number of pyridine rings is 1. The second kappa shape index (κ2) is 6.51. The molecule has 0 bridgehead atoms. The lowest BCUT2D eigenvalue weighted by molar-refractivity contribution is -0.137. The van der Waals surface area contributed by atoms with Gasteiger partial charge in [0.15, 0.2) is 0 Å². The second-order valence-electron chi connectivity index (χ2n) is 4.75. The van der Waals surface area contributed by atoms with Gasteiger partial charge in [0.25, 0.3) is 0 Å². The number of aliphatic hydroxyl groups is 1. The first-order valence-corrected chi connectivity index (χ1v) is 6.54. The molecule has 4 nitrogen and oxygen atoms in total. The molecule has 23 heavy (non-hydrogen) atoms. The monoisotopic (exact) mass is 322 g/mol. The minimum absolute atomic E-state index is 0.134. The van der Waals surface area contributed by atoms with Gasteiger partial charge in [-0.25, -0.2) is 0 Å². The van der Waals surface area contributed by atoms with Crippen molar-refractivity contribution in [3.8, 4) is 11.3 Å². The summed E-state index contributed by atoms with van der Waals surface area (Å²) in [5.41, 5.74) is 1.07. The van der Waals surface area contributed by atoms with E-state index in [0.717, 1.165) is 12.1 Å². The van der Waals surface area contributed by atoms with Crippen LogP contribution in [0.5, 0.6) is 0 Å². The Morgan fingerprint density at radius 2 is 1.96 bits per heavy atom. The van der Waals surface area contributed by atoms with Crippen LogP contribution in [0.2, 0.25) is 0 Å². The average Bonchev–Trinajstić information content (AvgIpc) is 2.51. The molecule has 0 saturated carbocycles. The van der Waals surface area contributed by atoms with E-state index in [9.17, 15) is 23.1 Å². The molecule has 0 aliphatic heterocycles. The van der Waals surface area contributed by atoms with Crippen molar-refractivity contribution in [3.63, 3.8) is 0 Å². The molecule has 0 atom stereocenters. The molecule has 0 unspecified atom stereocenters. The topological polar surface area (TPSA) is 62.2 Å². The van der Waals surface area contributed by atoms with Gasteiger partial charge >= 0.3 is 6.18 Å². The summed E-state index contributed by atoms with van der Waals surface area (Å²) in [6.07, 6.45) is -2.54. The number of hydrogen-bond acceptors (Lipinski definition) is 3. The number of hydrogen-bond donors (Lipinski definition) is 2. The number of halogens is 3. The van der Waals surface area contributed by atoms with Crippen molar-refractivity contribution in [2.75, 3.05) is 0 Å². The molecule has 0 aliphatic carbocycles. The van der Waals surface area contributed by atoms with Gasteiger partial charge in [-0.05, 0) is 23.8 Å². The molecule has 0 radical (unpaired) electrons. The van der Waals surface area contributed by atoms with E-state index < -0.39 is 11.7 Å². The zero-order valence-corrected chi connectivity index (χ0v) is 11.9. The highest BCUT2D eigenvalue weighted by Crippen LogP contribution is 2.31. The first-order valence-electron chi connectivity index (χ1n) is 6.54. The summed E-state index contributed by atoms with van der Waals surface area (Å²) in [6, 6.07) is 6.15. The van der Waals surface area contributed by atoms with E-state index >= 15 is 0 Å². The number of aliphatic hydroxyl groups excluding tert-OH is 1. The van der Waals surface area contributed by atoms with Gasteiger partial charge in [-0.3, -0.25) is 9.78 Å². The fourth-order valence-electron chi connectivity index (χ4n) is 2.04. The van der Waals surface area contributed by atoms with Crippen LogP contribution in [0.15, 0.2) is 43.1 Å². The third kappa shape index (κ3) is 3.88. The maximum atomic E-state index is 12.6. The van der Waals surface area contributed by atoms with Crippen LogP contribution in [-0.4, -0.2) is 16.5 Å². The van der Waals surface area contributed by atoms with E-state index in [0.29, 0.717) is 28.8 Å². The van der Waals surface area contributed by atoms with Crippen molar-refractivity contribution in [2.24, 2.45) is 0 Å². The minimum Gasteiger partial charge on any atom is -0.508 e. The first kappa shape index (κ1) is 16.5. The number of benzene rings is 1. The van der Waals surface area contributed by atoms with Crippen LogP contribution in [0.25, 0.3) is 17.0 Å². The Hall–Kier alpha value is -2.83. The van der Waals surface area contributed by atoms with Crippen LogP contribution in [0.1, 0.15) is 16.7 Å². The summed E-state index contributed by atoms with van der Waals surface area (Å²) in [6.45, 7) is 3.54. The summed E-state index contributed by atoms with van der Waals surface area (Å²) in [5.74, 6) is -0.209. The average molecular weight is 322 g/mol. The molecule has 0 spiro atoms. The van der Waals surface area contributed by atoms with Gasteiger partial charge in [-0.15, -0.1) is 0 Å². The smallest absolute Gasteiger partial charge is 0.416 e. The predicted octanol–water partition coefficient (Wildman–Crippen LogP) is 3.54. The molecule has 1 aromatic heterocycles. The summed E-state index contributed by atoms with van der Waals surface area (Å²) in [7, 11) is 0. The van der Waals surface area contributed by atoms with E-state index in [4.69, 9.17) is 0 Å². The minimum atomic E-state index is -4.40. The highest BCUT2D eigenvalue weighted by atomic mass is 19.4. The lowest BCUT2D eigenvalue weighted by atomic mass is 10.0. The van der Waals surface area contributed by atoms with Gasteiger partial charge in [0, 0.05) is 23.9 Å². The highest BCUT2D eigenvalue weighted by molar-refractivity contribution is 5.66. The predicted molar refractivity (Wildman–Crippen MR) is 79.2 cm³/mol. The summed E-state index contributed by atoms with van der Waals surface area (Å²) in [4.78, 5) is 14.5. The Kier molecular flexibility index (Phi) is 4.68. The second-order valence-corrected chi connectivity index (χ2v) is 4.75. The molecule has 7 heteroatoms. The highest BCUT2D eigenvalue weighted by Gasteiger charge is 2.30. The van der Waals surface area contributed by atoms with Gasteiger partial charge in [-0.1, -0.05) is 18.7 Å². The normalized spacial score (nSPS) is 11.1. The maximum Gasteiger partial charge on any atom is 0.416 e. The molecule has 0 aliphatic rings. The van der Waals surface area contributed by atoms with Crippen LogP contribution in [0, 0.1) is 0 Å². The molecule has 120 valence electrons. The number of nitrogens with zero attached hydrogens (tertiary/aromatic N) is 1. The number of amides is 1. The molecule has 0 fully saturated rings. The quantitative estimate of drug-likeness (QED) is 0.654. The van der Waals surface area contributed by atoms with E-state index in [2.05, 4.69) is 16.9 Å². The van der Waals surface area contributed by atoms with Crippen molar-refractivity contribution < 1.29 is 23.1 Å². The molecule has 0 saturated heterocycles. The van der Waals surface area contributed by atoms with Crippen molar-refractivity contribution in [2.45, 2.75) is 12.7 Å². The SMILES string of the molecule is C=C(O)c1cnc(-c2ccc(C(F)(F)F)cc2)cc1CNC=O. The number of carbonyl (C=O) groups excluding carboxylic acids is 1. The van der Waals surface area contributed by atoms with Crippen molar-refractivity contribution in [1.29, 1.82) is 0 Å². The van der Waals surface area contributed by atoms with Gasteiger partial charge < -0.3 is 10.4 Å². The number of rotatable bonds is 5. The van der Waals surface area contributed by atoms with Gasteiger partial charge in [-0.2, -0.15) is 13.2 Å². The van der Waals surface area contributed by atoms with Gasteiger partial charge in [0.1, 0.15) is 5.76 Å². The van der Waals surface area contributed by atoms with E-state index in [1.807, 2.05) is 0 Å². The van der Waals surface area contributed by atoms with Crippen molar-refractivity contribution >= 4 is 12.2 Å². The Morgan fingerprint density at radius 3 is 2.48 bits per heavy atom. The van der Waals surface area contributed by atoms with Crippen LogP contribution in [0.3, 0.4) is 0 Å². The van der Waals surface area contributed by atoms with Crippen LogP contribution < -0.4 is 5.32 Å². The van der Waals surface area contributed by atoms with E-state index in [1.54, 1.807) is 6.07 Å². The first-order chi connectivity index (χ1) is 10.8. The van der Waals surface area contributed by atoms with Crippen molar-refractivity contribution in [3.05, 3.63) is 59.8 Å². The largest absolute Gasteiger partial charge is 0.508 e. The van der Waals surface area contributed by atoms with E-state index in [-0.39, 0.29) is 12.3 Å². The molecule has 2 aromatic rings. The molecule has 2 N–H and O–H groups in total. The molecular formula is C16H13F3N2O2. The summed E-state index contributed by atoms with van der Waals surface area (Å²) >= 11 is 0. The summed E-state index contributed by atoms with van der Waals surface area (Å²) < 4.78 is 37.7. The van der Waals surface area contributed by atoms with Crippen molar-refractivity contribution in [1.82, 2.24) is 10.3 Å². The molecule has 1 aromatic carbocycles. The summed E-state index contributed by atoms with van der Waals surface area (Å²) in [5, 5.41) is 12.0. The number of nitrogens with one attached hydrogen (secondary N) is 1. The number of aromatic nitrogens is 1. The number of alkyl halides is 3. The van der Waals surface area contributed by atoms with Gasteiger partial charge in [0.2, 0.25) is 6.41 Å². The lowest BCUT2D eigenvalue weighted by Crippen LogP contribution is -2.12. The van der Waals surface area contributed by atoms with Crippen LogP contribution in [-0.2, 0) is 17.5 Å². The number of carbonyl (C=O) groups is 1. The molecule has 1 heterocycles. The Bertz CT molecular complexity index is 725. The van der Waals surface area contributed by atoms with Crippen LogP contribution >= 0.6 is 0 Å². The van der Waals surface area contributed by atoms with Crippen LogP contribution in [0.4, 0.5) is 13.2 Å². The third-order valence-electron chi connectivity index (χ3n) is 3.18. The zero-order chi connectivity index (χ0) is 17.0. The maximum absolute atomic E-state index is 12.6. The van der Waals surface area contributed by atoms with E-state index in [1.165, 1.54) is 18.3 Å². The third-order valence-corrected chi connectivity index (χ3v) is 3.18. The Labute approximate surface area is 130 Å². The fraction of sp³-hybridized carbons (Fsp3) is 0.125. The standard InChI is InChI=1S/C16H13F3N2O2/c1-10(23)14-8-21-15(6-12(14)7-20-9-22)11-2-4-13(5-3-11)16(17,18)19/h2-6,8-9,23H,1,7H2,(H,20,22).